The van der Waals surface area contributed by atoms with Crippen molar-refractivity contribution in [3.8, 4) is 11.8 Å². The minimum absolute atomic E-state index is 0.0642. The Morgan fingerprint density at radius 1 is 1.50 bits per heavy atom. The molecule has 1 aliphatic carbocycles. The van der Waals surface area contributed by atoms with Gasteiger partial charge in [0.2, 0.25) is 0 Å². The standard InChI is InChI=1S/C15H17NO2/c1-11-7-8-12(4-3-9-17)14(10-11)15(18)16-13-5-2-6-13/h7-8,10,13,17H,2,5-6,9H2,1H3,(H,16,18). The summed E-state index contributed by atoms with van der Waals surface area (Å²) >= 11 is 0. The van der Waals surface area contributed by atoms with Crippen molar-refractivity contribution in [1.82, 2.24) is 5.32 Å². The number of aliphatic hydroxyl groups excluding tert-OH is 1. The van der Waals surface area contributed by atoms with Gasteiger partial charge in [0.05, 0.1) is 5.56 Å². The highest BCUT2D eigenvalue weighted by Gasteiger charge is 2.21. The Bertz CT molecular complexity index is 507. The summed E-state index contributed by atoms with van der Waals surface area (Å²) in [6.07, 6.45) is 3.32. The third-order valence-corrected chi connectivity index (χ3v) is 3.16. The number of hydrogen-bond donors (Lipinski definition) is 2. The SMILES string of the molecule is Cc1ccc(C#CCO)c(C(=O)NC2CCC2)c1. The number of aliphatic hydroxyl groups is 1. The molecule has 94 valence electrons. The van der Waals surface area contributed by atoms with Gasteiger partial charge in [0.25, 0.3) is 5.91 Å². The van der Waals surface area contributed by atoms with Crippen molar-refractivity contribution in [2.75, 3.05) is 6.61 Å². The van der Waals surface area contributed by atoms with E-state index < -0.39 is 0 Å². The first-order chi connectivity index (χ1) is 8.70. The molecule has 0 heterocycles. The van der Waals surface area contributed by atoms with Crippen molar-refractivity contribution in [3.63, 3.8) is 0 Å². The molecule has 0 radical (unpaired) electrons. The summed E-state index contributed by atoms with van der Waals surface area (Å²) in [6, 6.07) is 5.90. The second-order valence-electron chi connectivity index (χ2n) is 4.61. The van der Waals surface area contributed by atoms with E-state index in [1.165, 1.54) is 6.42 Å². The Balaban J connectivity index is 2.22. The van der Waals surface area contributed by atoms with E-state index in [0.29, 0.717) is 17.2 Å². The lowest BCUT2D eigenvalue weighted by Gasteiger charge is -2.26. The maximum absolute atomic E-state index is 12.1. The lowest BCUT2D eigenvalue weighted by molar-refractivity contribution is 0.0916. The van der Waals surface area contributed by atoms with Crippen LogP contribution in [0, 0.1) is 18.8 Å². The van der Waals surface area contributed by atoms with E-state index in [1.54, 1.807) is 0 Å². The highest BCUT2D eigenvalue weighted by atomic mass is 16.2. The van der Waals surface area contributed by atoms with Gasteiger partial charge >= 0.3 is 0 Å². The van der Waals surface area contributed by atoms with Crippen molar-refractivity contribution in [2.24, 2.45) is 0 Å². The molecule has 3 heteroatoms. The first kappa shape index (κ1) is 12.7. The zero-order valence-electron chi connectivity index (χ0n) is 10.5. The molecule has 0 spiro atoms. The summed E-state index contributed by atoms with van der Waals surface area (Å²) in [5.41, 5.74) is 2.30. The molecule has 1 aromatic rings. The van der Waals surface area contributed by atoms with Gasteiger partial charge in [-0.15, -0.1) is 0 Å². The lowest BCUT2D eigenvalue weighted by Crippen LogP contribution is -2.39. The van der Waals surface area contributed by atoms with Crippen molar-refractivity contribution < 1.29 is 9.90 Å². The normalized spacial score (nSPS) is 14.3. The van der Waals surface area contributed by atoms with Gasteiger partial charge in [0.15, 0.2) is 0 Å². The molecule has 2 rings (SSSR count). The van der Waals surface area contributed by atoms with Crippen LogP contribution in [0.5, 0.6) is 0 Å². The molecule has 1 amide bonds. The van der Waals surface area contributed by atoms with Gasteiger partial charge in [-0.25, -0.2) is 0 Å². The fourth-order valence-corrected chi connectivity index (χ4v) is 1.91. The van der Waals surface area contributed by atoms with E-state index in [-0.39, 0.29) is 12.5 Å². The van der Waals surface area contributed by atoms with Gasteiger partial charge in [0, 0.05) is 11.6 Å². The van der Waals surface area contributed by atoms with Gasteiger partial charge in [0.1, 0.15) is 6.61 Å². The maximum Gasteiger partial charge on any atom is 0.252 e. The summed E-state index contributed by atoms with van der Waals surface area (Å²) in [5.74, 6) is 5.34. The number of carbonyl (C=O) groups excluding carboxylic acids is 1. The molecule has 1 aliphatic rings. The van der Waals surface area contributed by atoms with Crippen LogP contribution in [0.3, 0.4) is 0 Å². The monoisotopic (exact) mass is 243 g/mol. The molecule has 3 nitrogen and oxygen atoms in total. The van der Waals surface area contributed by atoms with Crippen molar-refractivity contribution >= 4 is 5.91 Å². The van der Waals surface area contributed by atoms with E-state index in [4.69, 9.17) is 5.11 Å². The molecule has 1 aromatic carbocycles. The molecule has 1 fully saturated rings. The summed E-state index contributed by atoms with van der Waals surface area (Å²) in [7, 11) is 0. The summed E-state index contributed by atoms with van der Waals surface area (Å²) in [6.45, 7) is 1.75. The number of carbonyl (C=O) groups is 1. The van der Waals surface area contributed by atoms with Crippen LogP contribution in [0.25, 0.3) is 0 Å². The largest absolute Gasteiger partial charge is 0.384 e. The van der Waals surface area contributed by atoms with E-state index >= 15 is 0 Å². The molecule has 0 atom stereocenters. The molecule has 0 bridgehead atoms. The third-order valence-electron chi connectivity index (χ3n) is 3.16. The van der Waals surface area contributed by atoms with E-state index in [0.717, 1.165) is 18.4 Å². The Labute approximate surface area is 107 Å². The van der Waals surface area contributed by atoms with Crippen LogP contribution >= 0.6 is 0 Å². The highest BCUT2D eigenvalue weighted by molar-refractivity contribution is 5.97. The Kier molecular flexibility index (Phi) is 4.01. The van der Waals surface area contributed by atoms with Gasteiger partial charge in [-0.2, -0.15) is 0 Å². The summed E-state index contributed by atoms with van der Waals surface area (Å²) in [4.78, 5) is 12.1. The summed E-state index contributed by atoms with van der Waals surface area (Å²) < 4.78 is 0. The Hall–Kier alpha value is -1.79. The number of benzene rings is 1. The van der Waals surface area contributed by atoms with Gasteiger partial charge in [-0.3, -0.25) is 4.79 Å². The number of nitrogens with one attached hydrogen (secondary N) is 1. The topological polar surface area (TPSA) is 49.3 Å². The molecule has 0 saturated heterocycles. The maximum atomic E-state index is 12.1. The zero-order valence-corrected chi connectivity index (χ0v) is 10.5. The van der Waals surface area contributed by atoms with E-state index in [9.17, 15) is 4.79 Å². The minimum atomic E-state index is -0.197. The second-order valence-corrected chi connectivity index (χ2v) is 4.61. The van der Waals surface area contributed by atoms with Crippen LogP contribution in [0.4, 0.5) is 0 Å². The minimum Gasteiger partial charge on any atom is -0.384 e. The second kappa shape index (κ2) is 5.70. The average Bonchev–Trinajstić information content (AvgIpc) is 2.32. The Morgan fingerprint density at radius 3 is 2.89 bits per heavy atom. The van der Waals surface area contributed by atoms with Gasteiger partial charge in [-0.1, -0.05) is 23.5 Å². The van der Waals surface area contributed by atoms with Crippen LogP contribution in [0.15, 0.2) is 18.2 Å². The molecule has 18 heavy (non-hydrogen) atoms. The molecule has 0 unspecified atom stereocenters. The van der Waals surface area contributed by atoms with Crippen molar-refractivity contribution in [3.05, 3.63) is 34.9 Å². The highest BCUT2D eigenvalue weighted by Crippen LogP contribution is 2.19. The molecular formula is C15H17NO2. The van der Waals surface area contributed by atoms with Crippen molar-refractivity contribution in [1.29, 1.82) is 0 Å². The predicted molar refractivity (Wildman–Crippen MR) is 70.2 cm³/mol. The van der Waals surface area contributed by atoms with E-state index in [1.807, 2.05) is 25.1 Å². The smallest absolute Gasteiger partial charge is 0.252 e. The van der Waals surface area contributed by atoms with Gasteiger partial charge < -0.3 is 10.4 Å². The average molecular weight is 243 g/mol. The summed E-state index contributed by atoms with van der Waals surface area (Å²) in [5, 5.41) is 11.7. The number of hydrogen-bond acceptors (Lipinski definition) is 2. The van der Waals surface area contributed by atoms with Crippen LogP contribution < -0.4 is 5.32 Å². The lowest BCUT2D eigenvalue weighted by atomic mass is 9.92. The molecular weight excluding hydrogens is 226 g/mol. The first-order valence-electron chi connectivity index (χ1n) is 6.22. The molecule has 0 aliphatic heterocycles. The Morgan fingerprint density at radius 2 is 2.28 bits per heavy atom. The molecule has 0 aromatic heterocycles. The first-order valence-corrected chi connectivity index (χ1v) is 6.22. The third kappa shape index (κ3) is 2.91. The molecule has 1 saturated carbocycles. The zero-order chi connectivity index (χ0) is 13.0. The van der Waals surface area contributed by atoms with Crippen molar-refractivity contribution in [2.45, 2.75) is 32.2 Å². The van der Waals surface area contributed by atoms with Crippen LogP contribution in [-0.4, -0.2) is 23.7 Å². The quantitative estimate of drug-likeness (QED) is 0.775. The predicted octanol–water partition coefficient (Wildman–Crippen LogP) is 1.62. The van der Waals surface area contributed by atoms with E-state index in [2.05, 4.69) is 17.2 Å². The number of rotatable bonds is 2. The fraction of sp³-hybridized carbons (Fsp3) is 0.400. The van der Waals surface area contributed by atoms with Gasteiger partial charge in [-0.05, 0) is 38.3 Å². The fourth-order valence-electron chi connectivity index (χ4n) is 1.91. The van der Waals surface area contributed by atoms with Crippen LogP contribution in [0.2, 0.25) is 0 Å². The van der Waals surface area contributed by atoms with Crippen LogP contribution in [-0.2, 0) is 0 Å². The molecule has 2 N–H and O–H groups in total. The number of amides is 1. The number of aryl methyl sites for hydroxylation is 1. The van der Waals surface area contributed by atoms with Crippen LogP contribution in [0.1, 0.15) is 40.7 Å².